The number of nitrogens with one attached hydrogen (secondary N) is 3. The SMILES string of the molecule is CCOc1ccc(NC(=O)CSC2=C(C#N)[C@@H](c3ccco3)C(C(=O)Nc3ccc(OCC)cc3)=C(C)N2)cc1. The normalized spacial score (nSPS) is 14.7. The summed E-state index contributed by atoms with van der Waals surface area (Å²) in [4.78, 5) is 26.2. The fraction of sp³-hybridized carbons (Fsp3) is 0.233. The van der Waals surface area contributed by atoms with Crippen LogP contribution in [-0.4, -0.2) is 30.8 Å². The molecule has 40 heavy (non-hydrogen) atoms. The molecule has 2 aromatic carbocycles. The zero-order valence-electron chi connectivity index (χ0n) is 22.4. The Hall–Kier alpha value is -4.62. The molecule has 1 atom stereocenters. The molecule has 1 aliphatic rings. The third kappa shape index (κ3) is 6.87. The second kappa shape index (κ2) is 13.4. The molecule has 0 unspecified atom stereocenters. The summed E-state index contributed by atoms with van der Waals surface area (Å²) in [5.41, 5.74) is 2.41. The van der Waals surface area contributed by atoms with Gasteiger partial charge in [0, 0.05) is 17.1 Å². The smallest absolute Gasteiger partial charge is 0.254 e. The predicted octanol–water partition coefficient (Wildman–Crippen LogP) is 5.78. The van der Waals surface area contributed by atoms with Gasteiger partial charge < -0.3 is 29.8 Å². The molecule has 0 radical (unpaired) electrons. The molecule has 3 N–H and O–H groups in total. The van der Waals surface area contributed by atoms with E-state index in [-0.39, 0.29) is 23.1 Å². The van der Waals surface area contributed by atoms with Gasteiger partial charge >= 0.3 is 0 Å². The van der Waals surface area contributed by atoms with E-state index in [1.807, 2.05) is 13.8 Å². The molecular formula is C30H30N4O5S. The minimum Gasteiger partial charge on any atom is -0.494 e. The molecule has 1 aliphatic heterocycles. The van der Waals surface area contributed by atoms with Gasteiger partial charge in [-0.1, -0.05) is 11.8 Å². The number of ether oxygens (including phenoxy) is 2. The maximum absolute atomic E-state index is 13.5. The Balaban J connectivity index is 1.51. The van der Waals surface area contributed by atoms with Gasteiger partial charge in [0.1, 0.15) is 17.3 Å². The summed E-state index contributed by atoms with van der Waals surface area (Å²) < 4.78 is 16.6. The summed E-state index contributed by atoms with van der Waals surface area (Å²) in [6, 6.07) is 19.8. The van der Waals surface area contributed by atoms with Gasteiger partial charge in [-0.05, 0) is 81.4 Å². The molecule has 0 bridgehead atoms. The first kappa shape index (κ1) is 28.4. The second-order valence-electron chi connectivity index (χ2n) is 8.67. The lowest BCUT2D eigenvalue weighted by atomic mass is 9.85. The highest BCUT2D eigenvalue weighted by molar-refractivity contribution is 8.03. The number of rotatable bonds is 11. The third-order valence-electron chi connectivity index (χ3n) is 5.94. The Morgan fingerprint density at radius 1 is 0.975 bits per heavy atom. The van der Waals surface area contributed by atoms with E-state index < -0.39 is 5.92 Å². The van der Waals surface area contributed by atoms with Crippen LogP contribution < -0.4 is 25.4 Å². The zero-order chi connectivity index (χ0) is 28.5. The van der Waals surface area contributed by atoms with Crippen molar-refractivity contribution in [3.8, 4) is 17.6 Å². The molecule has 2 amide bonds. The van der Waals surface area contributed by atoms with Crippen LogP contribution in [0.15, 0.2) is 93.2 Å². The van der Waals surface area contributed by atoms with Gasteiger partial charge in [-0.25, -0.2) is 0 Å². The lowest BCUT2D eigenvalue weighted by Gasteiger charge is -2.28. The number of furan rings is 1. The molecule has 0 saturated heterocycles. The average molecular weight is 559 g/mol. The van der Waals surface area contributed by atoms with Crippen LogP contribution in [0.1, 0.15) is 32.4 Å². The minimum absolute atomic E-state index is 0.0482. The standard InChI is InChI=1S/C30H30N4O5S/c1-4-37-22-12-8-20(9-13-22)33-26(35)18-40-30-24(17-31)28(25-7-6-16-39-25)27(19(3)32-30)29(36)34-21-10-14-23(15-11-21)38-5-2/h6-16,28,32H,4-5,18H2,1-3H3,(H,33,35)(H,34,36)/t28-/m0/s1. The molecule has 0 saturated carbocycles. The van der Waals surface area contributed by atoms with Crippen molar-refractivity contribution >= 4 is 35.0 Å². The minimum atomic E-state index is -0.749. The van der Waals surface area contributed by atoms with E-state index in [0.717, 1.165) is 5.75 Å². The molecule has 0 aliphatic carbocycles. The van der Waals surface area contributed by atoms with Gasteiger partial charge in [0.2, 0.25) is 5.91 Å². The predicted molar refractivity (Wildman–Crippen MR) is 155 cm³/mol. The molecule has 4 rings (SSSR count). The fourth-order valence-electron chi connectivity index (χ4n) is 4.20. The van der Waals surface area contributed by atoms with E-state index in [9.17, 15) is 14.9 Å². The molecule has 0 fully saturated rings. The number of carbonyl (C=O) groups excluding carboxylic acids is 2. The van der Waals surface area contributed by atoms with Crippen LogP contribution >= 0.6 is 11.8 Å². The Morgan fingerprint density at radius 2 is 1.57 bits per heavy atom. The van der Waals surface area contributed by atoms with Crippen molar-refractivity contribution in [2.75, 3.05) is 29.6 Å². The Morgan fingerprint density at radius 3 is 2.10 bits per heavy atom. The number of thioether (sulfide) groups is 1. The monoisotopic (exact) mass is 558 g/mol. The highest BCUT2D eigenvalue weighted by Gasteiger charge is 2.36. The van der Waals surface area contributed by atoms with Crippen molar-refractivity contribution in [1.82, 2.24) is 5.32 Å². The fourth-order valence-corrected chi connectivity index (χ4v) is 5.09. The quantitative estimate of drug-likeness (QED) is 0.270. The van der Waals surface area contributed by atoms with Gasteiger partial charge in [-0.2, -0.15) is 5.26 Å². The van der Waals surface area contributed by atoms with Crippen molar-refractivity contribution in [1.29, 1.82) is 5.26 Å². The summed E-state index contributed by atoms with van der Waals surface area (Å²) in [6.07, 6.45) is 1.50. The first-order chi connectivity index (χ1) is 19.4. The summed E-state index contributed by atoms with van der Waals surface area (Å²) in [6.45, 7) is 6.67. The molecule has 0 spiro atoms. The van der Waals surface area contributed by atoms with Crippen LogP contribution in [-0.2, 0) is 9.59 Å². The van der Waals surface area contributed by atoms with Crippen molar-refractivity contribution in [3.63, 3.8) is 0 Å². The van der Waals surface area contributed by atoms with Crippen LogP contribution in [0.2, 0.25) is 0 Å². The average Bonchev–Trinajstić information content (AvgIpc) is 3.49. The molecule has 1 aromatic heterocycles. The third-order valence-corrected chi connectivity index (χ3v) is 6.96. The zero-order valence-corrected chi connectivity index (χ0v) is 23.3. The molecule has 206 valence electrons. The number of nitriles is 1. The topological polar surface area (TPSA) is 126 Å². The van der Waals surface area contributed by atoms with E-state index in [1.165, 1.54) is 18.0 Å². The molecule has 2 heterocycles. The molecule has 9 nitrogen and oxygen atoms in total. The van der Waals surface area contributed by atoms with Gasteiger partial charge in [0.05, 0.1) is 53.4 Å². The van der Waals surface area contributed by atoms with Crippen molar-refractivity contribution in [3.05, 3.63) is 94.6 Å². The van der Waals surface area contributed by atoms with Crippen LogP contribution in [0.4, 0.5) is 11.4 Å². The van der Waals surface area contributed by atoms with Crippen LogP contribution in [0.5, 0.6) is 11.5 Å². The number of benzene rings is 2. The number of carbonyl (C=O) groups is 2. The lowest BCUT2D eigenvalue weighted by molar-refractivity contribution is -0.114. The van der Waals surface area contributed by atoms with E-state index >= 15 is 0 Å². The number of nitrogens with zero attached hydrogens (tertiary/aromatic N) is 1. The second-order valence-corrected chi connectivity index (χ2v) is 9.66. The summed E-state index contributed by atoms with van der Waals surface area (Å²) in [5.74, 6) is 0.556. The van der Waals surface area contributed by atoms with E-state index in [0.29, 0.717) is 52.4 Å². The number of anilines is 2. The summed E-state index contributed by atoms with van der Waals surface area (Å²) >= 11 is 1.19. The molecule has 3 aromatic rings. The summed E-state index contributed by atoms with van der Waals surface area (Å²) in [7, 11) is 0. The molecule has 10 heteroatoms. The molecular weight excluding hydrogens is 528 g/mol. The first-order valence-corrected chi connectivity index (χ1v) is 13.8. The van der Waals surface area contributed by atoms with Crippen LogP contribution in [0.3, 0.4) is 0 Å². The Bertz CT molecular complexity index is 1440. The number of allylic oxidation sites excluding steroid dienone is 2. The first-order valence-electron chi connectivity index (χ1n) is 12.8. The van der Waals surface area contributed by atoms with Gasteiger partial charge in [0.15, 0.2) is 0 Å². The number of dihydropyridines is 1. The Kier molecular flexibility index (Phi) is 9.54. The van der Waals surface area contributed by atoms with Crippen molar-refractivity contribution in [2.24, 2.45) is 0 Å². The van der Waals surface area contributed by atoms with Crippen molar-refractivity contribution in [2.45, 2.75) is 26.7 Å². The number of hydrogen-bond acceptors (Lipinski definition) is 8. The number of amides is 2. The largest absolute Gasteiger partial charge is 0.494 e. The lowest BCUT2D eigenvalue weighted by Crippen LogP contribution is -2.31. The van der Waals surface area contributed by atoms with Crippen LogP contribution in [0, 0.1) is 11.3 Å². The highest BCUT2D eigenvalue weighted by Crippen LogP contribution is 2.41. The number of hydrogen-bond donors (Lipinski definition) is 3. The summed E-state index contributed by atoms with van der Waals surface area (Å²) in [5, 5.41) is 19.6. The van der Waals surface area contributed by atoms with E-state index in [1.54, 1.807) is 67.6 Å². The van der Waals surface area contributed by atoms with Gasteiger partial charge in [0.25, 0.3) is 5.91 Å². The van der Waals surface area contributed by atoms with Crippen molar-refractivity contribution < 1.29 is 23.5 Å². The Labute approximate surface area is 237 Å². The maximum atomic E-state index is 13.5. The van der Waals surface area contributed by atoms with E-state index in [2.05, 4.69) is 22.0 Å². The van der Waals surface area contributed by atoms with Gasteiger partial charge in [-0.3, -0.25) is 9.59 Å². The maximum Gasteiger partial charge on any atom is 0.254 e. The van der Waals surface area contributed by atoms with Gasteiger partial charge in [-0.15, -0.1) is 0 Å². The van der Waals surface area contributed by atoms with Crippen LogP contribution in [0.25, 0.3) is 0 Å². The highest BCUT2D eigenvalue weighted by atomic mass is 32.2. The van der Waals surface area contributed by atoms with E-state index in [4.69, 9.17) is 13.9 Å².